The molecule has 6 heteroatoms. The van der Waals surface area contributed by atoms with Crippen LogP contribution in [0, 0.1) is 6.07 Å². The summed E-state index contributed by atoms with van der Waals surface area (Å²) in [5, 5.41) is 10.4. The minimum Gasteiger partial charge on any atom is -0.505 e. The quantitative estimate of drug-likeness (QED) is 0.293. The van der Waals surface area contributed by atoms with Gasteiger partial charge in [0.25, 0.3) is 0 Å². The van der Waals surface area contributed by atoms with Gasteiger partial charge in [-0.05, 0) is 36.5 Å². The second-order valence-corrected chi connectivity index (χ2v) is 9.19. The molecule has 0 fully saturated rings. The molecule has 1 aliphatic heterocycles. The number of fused-ring (bicyclic) bond motifs is 4. The number of benzene rings is 3. The Balaban J connectivity index is 0.00000229. The second-order valence-electron chi connectivity index (χ2n) is 9.19. The topological polar surface area (TPSA) is 67.9 Å². The van der Waals surface area contributed by atoms with Crippen LogP contribution in [0.15, 0.2) is 76.1 Å². The molecule has 35 heavy (non-hydrogen) atoms. The van der Waals surface area contributed by atoms with Crippen molar-refractivity contribution in [2.24, 2.45) is 4.99 Å². The number of aliphatic imine (C=N–C) groups is 1. The number of aliphatic hydroxyl groups is 1. The van der Waals surface area contributed by atoms with Gasteiger partial charge in [0.15, 0.2) is 0 Å². The molecule has 3 atom stereocenters. The van der Waals surface area contributed by atoms with Crippen molar-refractivity contribution in [1.82, 2.24) is 4.98 Å². The standard InChI is InChI=1S/C29H23N2O3.Pt/c32-23-13-4-3-11-22(23)29-31-26-21(12-6-14-24(26)33-29)17-8-5-9-19(15-17)28-30-27-20-10-2-1-7-18(20)16-25(27)34-28;/h1-2,5-12,14,23,25,27,32H,3-4,13,16H2;/q-1;/t23-,25+,27-;/m1./s1. The molecule has 0 radical (unpaired) electrons. The Hall–Kier alpha value is -3.01. The van der Waals surface area contributed by atoms with Crippen LogP contribution in [0.1, 0.15) is 47.9 Å². The van der Waals surface area contributed by atoms with Crippen LogP contribution in [0.2, 0.25) is 0 Å². The van der Waals surface area contributed by atoms with E-state index >= 15 is 0 Å². The summed E-state index contributed by atoms with van der Waals surface area (Å²) < 4.78 is 12.3. The first-order valence-corrected chi connectivity index (χ1v) is 11.9. The van der Waals surface area contributed by atoms with Crippen LogP contribution in [0.4, 0.5) is 0 Å². The van der Waals surface area contributed by atoms with Crippen molar-refractivity contribution in [2.45, 2.75) is 43.9 Å². The maximum absolute atomic E-state index is 10.4. The van der Waals surface area contributed by atoms with E-state index in [1.165, 1.54) is 11.1 Å². The second kappa shape index (κ2) is 8.89. The van der Waals surface area contributed by atoms with Crippen molar-refractivity contribution < 1.29 is 35.3 Å². The number of ether oxygens (including phenoxy) is 1. The van der Waals surface area contributed by atoms with Crippen molar-refractivity contribution in [3.63, 3.8) is 0 Å². The number of hydrogen-bond acceptors (Lipinski definition) is 5. The Labute approximate surface area is 217 Å². The number of rotatable bonds is 3. The Morgan fingerprint density at radius 3 is 2.74 bits per heavy atom. The molecular weight excluding hydrogens is 619 g/mol. The number of hydrogen-bond donors (Lipinski definition) is 1. The van der Waals surface area contributed by atoms with Crippen molar-refractivity contribution in [2.75, 3.05) is 0 Å². The predicted octanol–water partition coefficient (Wildman–Crippen LogP) is 5.66. The zero-order chi connectivity index (χ0) is 22.6. The van der Waals surface area contributed by atoms with Gasteiger partial charge in [-0.2, -0.15) is 0 Å². The van der Waals surface area contributed by atoms with Gasteiger partial charge in [-0.15, -0.1) is 29.8 Å². The van der Waals surface area contributed by atoms with Crippen LogP contribution in [0.5, 0.6) is 0 Å². The zero-order valence-electron chi connectivity index (χ0n) is 18.9. The van der Waals surface area contributed by atoms with E-state index in [1.54, 1.807) is 0 Å². The van der Waals surface area contributed by atoms with Gasteiger partial charge >= 0.3 is 0 Å². The summed E-state index contributed by atoms with van der Waals surface area (Å²) in [7, 11) is 0. The van der Waals surface area contributed by atoms with Crippen LogP contribution in [-0.2, 0) is 32.2 Å². The third kappa shape index (κ3) is 3.78. The fourth-order valence-corrected chi connectivity index (χ4v) is 5.36. The summed E-state index contributed by atoms with van der Waals surface area (Å²) in [5.41, 5.74) is 7.52. The molecule has 3 aliphatic rings. The molecule has 178 valence electrons. The average molecular weight is 643 g/mol. The van der Waals surface area contributed by atoms with Crippen LogP contribution in [0.3, 0.4) is 0 Å². The average Bonchev–Trinajstić information content (AvgIpc) is 3.57. The predicted molar refractivity (Wildman–Crippen MR) is 130 cm³/mol. The van der Waals surface area contributed by atoms with Crippen LogP contribution >= 0.6 is 0 Å². The van der Waals surface area contributed by atoms with E-state index in [2.05, 4.69) is 30.3 Å². The summed E-state index contributed by atoms with van der Waals surface area (Å²) in [4.78, 5) is 9.71. The van der Waals surface area contributed by atoms with Crippen molar-refractivity contribution in [3.8, 4) is 11.1 Å². The van der Waals surface area contributed by atoms with Crippen LogP contribution < -0.4 is 0 Å². The molecule has 0 bridgehead atoms. The molecule has 7 rings (SSSR count). The van der Waals surface area contributed by atoms with Gasteiger partial charge in [0, 0.05) is 33.1 Å². The van der Waals surface area contributed by atoms with E-state index in [9.17, 15) is 5.11 Å². The van der Waals surface area contributed by atoms with Gasteiger partial charge in [0.1, 0.15) is 23.6 Å². The zero-order valence-corrected chi connectivity index (χ0v) is 21.2. The summed E-state index contributed by atoms with van der Waals surface area (Å²) in [6.07, 6.45) is 5.11. The van der Waals surface area contributed by atoms with E-state index < -0.39 is 6.10 Å². The number of nitrogens with zero attached hydrogens (tertiary/aromatic N) is 2. The molecule has 1 N–H and O–H groups in total. The van der Waals surface area contributed by atoms with Crippen molar-refractivity contribution >= 4 is 22.6 Å². The SMILES string of the molecule is O[C@@H]1CCCC=C1c1nc2c(-c3[c-]c(C4=N[C@@H]5c6ccccc6C[C@@H]5O4)ccc3)cccc2o1.[Pt]. The summed E-state index contributed by atoms with van der Waals surface area (Å²) >= 11 is 0. The Morgan fingerprint density at radius 1 is 0.971 bits per heavy atom. The van der Waals surface area contributed by atoms with E-state index in [0.717, 1.165) is 53.5 Å². The minimum atomic E-state index is -0.526. The molecule has 2 aliphatic carbocycles. The minimum absolute atomic E-state index is 0. The summed E-state index contributed by atoms with van der Waals surface area (Å²) in [5.74, 6) is 1.15. The van der Waals surface area contributed by atoms with Crippen molar-refractivity contribution in [3.05, 3.63) is 95.4 Å². The van der Waals surface area contributed by atoms with Gasteiger partial charge in [0.05, 0.1) is 11.6 Å². The largest absolute Gasteiger partial charge is 0.505 e. The van der Waals surface area contributed by atoms with Crippen LogP contribution in [-0.4, -0.2) is 28.2 Å². The van der Waals surface area contributed by atoms with Gasteiger partial charge in [-0.3, -0.25) is 4.99 Å². The van der Waals surface area contributed by atoms with E-state index in [0.29, 0.717) is 17.4 Å². The Morgan fingerprint density at radius 2 is 1.83 bits per heavy atom. The normalized spacial score (nSPS) is 22.6. The first kappa shape index (κ1) is 22.5. The molecule has 0 saturated carbocycles. The first-order valence-electron chi connectivity index (χ1n) is 11.9. The maximum Gasteiger partial charge on any atom is 0.224 e. The molecule has 0 saturated heterocycles. The van der Waals surface area contributed by atoms with Gasteiger partial charge in [0.2, 0.25) is 5.89 Å². The van der Waals surface area contributed by atoms with E-state index in [-0.39, 0.29) is 33.2 Å². The molecular formula is C29H23N2O3Pt-. The monoisotopic (exact) mass is 642 g/mol. The number of oxazole rings is 1. The van der Waals surface area contributed by atoms with Crippen LogP contribution in [0.25, 0.3) is 27.8 Å². The Kier molecular flexibility index (Phi) is 5.70. The molecule has 2 heterocycles. The molecule has 0 unspecified atom stereocenters. The summed E-state index contributed by atoms with van der Waals surface area (Å²) in [6, 6.07) is 23.9. The number of para-hydroxylation sites is 1. The molecule has 0 amide bonds. The van der Waals surface area contributed by atoms with E-state index in [1.807, 2.05) is 42.5 Å². The molecule has 1 aromatic heterocycles. The third-order valence-corrected chi connectivity index (χ3v) is 7.05. The fourth-order valence-electron chi connectivity index (χ4n) is 5.36. The molecule has 5 nitrogen and oxygen atoms in total. The van der Waals surface area contributed by atoms with Gasteiger partial charge in [-0.1, -0.05) is 53.6 Å². The first-order chi connectivity index (χ1) is 16.7. The van der Waals surface area contributed by atoms with E-state index in [4.69, 9.17) is 19.1 Å². The van der Waals surface area contributed by atoms with Crippen molar-refractivity contribution in [1.29, 1.82) is 0 Å². The fraction of sp³-hybridized carbons (Fsp3) is 0.241. The molecule has 0 spiro atoms. The summed E-state index contributed by atoms with van der Waals surface area (Å²) in [6.45, 7) is 0. The molecule has 4 aromatic rings. The molecule has 3 aromatic carbocycles. The van der Waals surface area contributed by atoms with Gasteiger partial charge in [-0.25, -0.2) is 4.98 Å². The third-order valence-electron chi connectivity index (χ3n) is 7.05. The Bertz CT molecular complexity index is 1490. The number of aliphatic hydroxyl groups excluding tert-OH is 1. The smallest absolute Gasteiger partial charge is 0.224 e. The number of aromatic nitrogens is 1. The van der Waals surface area contributed by atoms with Gasteiger partial charge < -0.3 is 14.3 Å². The number of allylic oxidation sites excluding steroid dienone is 1. The maximum atomic E-state index is 10.4.